The van der Waals surface area contributed by atoms with E-state index in [1.165, 1.54) is 6.07 Å². The molecule has 1 aromatic carbocycles. The van der Waals surface area contributed by atoms with Gasteiger partial charge < -0.3 is 19.9 Å². The number of benzene rings is 1. The number of nitriles is 1. The van der Waals surface area contributed by atoms with E-state index in [1.807, 2.05) is 16.4 Å². The van der Waals surface area contributed by atoms with Gasteiger partial charge in [-0.15, -0.1) is 0 Å². The summed E-state index contributed by atoms with van der Waals surface area (Å²) in [6.07, 6.45) is 0.878. The number of anilines is 1. The van der Waals surface area contributed by atoms with E-state index in [4.69, 9.17) is 10.4 Å². The van der Waals surface area contributed by atoms with E-state index in [9.17, 15) is 18.0 Å². The number of nitrogens with one attached hydrogen (secondary N) is 1. The van der Waals surface area contributed by atoms with E-state index < -0.39 is 17.8 Å². The lowest BCUT2D eigenvalue weighted by Gasteiger charge is -2.39. The molecule has 1 amide bonds. The number of rotatable bonds is 6. The van der Waals surface area contributed by atoms with Crippen molar-refractivity contribution in [1.82, 2.24) is 14.9 Å². The molecule has 0 spiro atoms. The van der Waals surface area contributed by atoms with Crippen molar-refractivity contribution < 1.29 is 23.1 Å². The molecule has 0 saturated heterocycles. The lowest BCUT2D eigenvalue weighted by atomic mass is 9.89. The van der Waals surface area contributed by atoms with E-state index in [1.54, 1.807) is 24.7 Å². The Bertz CT molecular complexity index is 967. The molecule has 1 saturated carbocycles. The normalized spacial score (nSPS) is 18.9. The Morgan fingerprint density at radius 3 is 2.84 bits per heavy atom. The van der Waals surface area contributed by atoms with E-state index in [0.717, 1.165) is 31.0 Å². The predicted molar refractivity (Wildman–Crippen MR) is 108 cm³/mol. The molecule has 1 fully saturated rings. The summed E-state index contributed by atoms with van der Waals surface area (Å²) >= 11 is 0. The van der Waals surface area contributed by atoms with Gasteiger partial charge >= 0.3 is 12.3 Å². The maximum absolute atomic E-state index is 13.4. The quantitative estimate of drug-likeness (QED) is 0.694. The fourth-order valence-electron chi connectivity index (χ4n) is 4.33. The number of imidazole rings is 1. The minimum Gasteiger partial charge on any atom is -0.465 e. The summed E-state index contributed by atoms with van der Waals surface area (Å²) in [4.78, 5) is 16.9. The van der Waals surface area contributed by atoms with E-state index in [-0.39, 0.29) is 24.2 Å². The second-order valence-corrected chi connectivity index (χ2v) is 7.55. The van der Waals surface area contributed by atoms with Crippen LogP contribution in [0.2, 0.25) is 0 Å². The standard InChI is InChI=1S/C21H24F3N5O2/c1-2-28(17-7-6-14(10-25)19(9-17)21(22,23)24)15-4-3-5-16(8-15)29-13-26-11-18(29)12-27-20(30)31/h6-7,9,11,13,15-16,27H,2-5,8,12H2,1H3,(H,30,31). The summed E-state index contributed by atoms with van der Waals surface area (Å²) in [5.74, 6) is 0. The van der Waals surface area contributed by atoms with Gasteiger partial charge in [0.25, 0.3) is 0 Å². The van der Waals surface area contributed by atoms with Crippen molar-refractivity contribution in [1.29, 1.82) is 5.26 Å². The topological polar surface area (TPSA) is 94.2 Å². The molecule has 1 heterocycles. The predicted octanol–water partition coefficient (Wildman–Crippen LogP) is 4.55. The Morgan fingerprint density at radius 2 is 2.19 bits per heavy atom. The Kier molecular flexibility index (Phi) is 6.73. The molecule has 7 nitrogen and oxygen atoms in total. The van der Waals surface area contributed by atoms with Gasteiger partial charge in [-0.05, 0) is 50.8 Å². The number of nitrogens with zero attached hydrogens (tertiary/aromatic N) is 4. The van der Waals surface area contributed by atoms with Crippen LogP contribution in [0.3, 0.4) is 0 Å². The monoisotopic (exact) mass is 435 g/mol. The molecule has 2 unspecified atom stereocenters. The van der Waals surface area contributed by atoms with Crippen LogP contribution in [-0.2, 0) is 12.7 Å². The molecule has 1 aromatic heterocycles. The van der Waals surface area contributed by atoms with E-state index in [0.29, 0.717) is 18.7 Å². The average molecular weight is 435 g/mol. The van der Waals surface area contributed by atoms with Crippen LogP contribution < -0.4 is 10.2 Å². The van der Waals surface area contributed by atoms with Crippen molar-refractivity contribution in [2.24, 2.45) is 0 Å². The minimum atomic E-state index is -4.60. The zero-order valence-electron chi connectivity index (χ0n) is 17.1. The number of hydrogen-bond acceptors (Lipinski definition) is 4. The molecule has 0 bridgehead atoms. The van der Waals surface area contributed by atoms with Gasteiger partial charge in [-0.1, -0.05) is 0 Å². The Hall–Kier alpha value is -3.22. The molecule has 0 radical (unpaired) electrons. The number of halogens is 3. The SMILES string of the molecule is CCN(c1ccc(C#N)c(C(F)(F)F)c1)C1CCCC(n2cncc2CNC(=O)O)C1. The molecule has 2 N–H and O–H groups in total. The van der Waals surface area contributed by atoms with Crippen LogP contribution in [0.15, 0.2) is 30.7 Å². The molecule has 1 aliphatic carbocycles. The van der Waals surface area contributed by atoms with Gasteiger partial charge in [0.15, 0.2) is 0 Å². The highest BCUT2D eigenvalue weighted by atomic mass is 19.4. The van der Waals surface area contributed by atoms with Crippen molar-refractivity contribution in [2.75, 3.05) is 11.4 Å². The maximum Gasteiger partial charge on any atom is 0.417 e. The second kappa shape index (κ2) is 9.29. The number of alkyl halides is 3. The summed E-state index contributed by atoms with van der Waals surface area (Å²) in [5.41, 5.74) is -0.121. The molecule has 3 rings (SSSR count). The first-order chi connectivity index (χ1) is 14.7. The highest BCUT2D eigenvalue weighted by Crippen LogP contribution is 2.38. The molecule has 2 aromatic rings. The first-order valence-corrected chi connectivity index (χ1v) is 10.1. The summed E-state index contributed by atoms with van der Waals surface area (Å²) < 4.78 is 42.2. The van der Waals surface area contributed by atoms with Crippen molar-refractivity contribution in [3.8, 4) is 6.07 Å². The fraction of sp³-hybridized carbons (Fsp3) is 0.476. The van der Waals surface area contributed by atoms with Crippen molar-refractivity contribution >= 4 is 11.8 Å². The number of aromatic nitrogens is 2. The molecule has 10 heteroatoms. The number of carboxylic acid groups (broad SMARTS) is 1. The first kappa shape index (κ1) is 22.5. The minimum absolute atomic E-state index is 0.0143. The zero-order chi connectivity index (χ0) is 22.6. The first-order valence-electron chi connectivity index (χ1n) is 10.1. The van der Waals surface area contributed by atoms with E-state index in [2.05, 4.69) is 10.3 Å². The third-order valence-corrected chi connectivity index (χ3v) is 5.72. The maximum atomic E-state index is 13.4. The average Bonchev–Trinajstić information content (AvgIpc) is 3.21. The van der Waals surface area contributed by atoms with Crippen LogP contribution in [-0.4, -0.2) is 33.3 Å². The highest BCUT2D eigenvalue weighted by Gasteiger charge is 2.35. The smallest absolute Gasteiger partial charge is 0.417 e. The summed E-state index contributed by atoms with van der Waals surface area (Å²) in [6, 6.07) is 5.57. The molecule has 2 atom stereocenters. The fourth-order valence-corrected chi connectivity index (χ4v) is 4.33. The van der Waals surface area contributed by atoms with Crippen molar-refractivity contribution in [3.05, 3.63) is 47.5 Å². The van der Waals surface area contributed by atoms with Gasteiger partial charge in [0.05, 0.1) is 35.8 Å². The van der Waals surface area contributed by atoms with Crippen LogP contribution >= 0.6 is 0 Å². The van der Waals surface area contributed by atoms with Gasteiger partial charge in [0, 0.05) is 30.5 Å². The Labute approximate surface area is 178 Å². The lowest BCUT2D eigenvalue weighted by Crippen LogP contribution is -2.39. The molecule has 166 valence electrons. The number of amides is 1. The number of hydrogen-bond donors (Lipinski definition) is 2. The van der Waals surface area contributed by atoms with Crippen LogP contribution in [0.1, 0.15) is 55.5 Å². The molecule has 1 aliphatic rings. The van der Waals surface area contributed by atoms with Crippen LogP contribution in [0.5, 0.6) is 0 Å². The molecule has 31 heavy (non-hydrogen) atoms. The third kappa shape index (κ3) is 5.10. The van der Waals surface area contributed by atoms with Gasteiger partial charge in [-0.3, -0.25) is 0 Å². The summed E-state index contributed by atoms with van der Waals surface area (Å²) in [6.45, 7) is 2.56. The van der Waals surface area contributed by atoms with Crippen molar-refractivity contribution in [3.63, 3.8) is 0 Å². The Balaban J connectivity index is 1.83. The number of carbonyl (C=O) groups is 1. The molecule has 0 aliphatic heterocycles. The second-order valence-electron chi connectivity index (χ2n) is 7.55. The van der Waals surface area contributed by atoms with Gasteiger partial charge in [0.1, 0.15) is 0 Å². The van der Waals surface area contributed by atoms with Crippen LogP contribution in [0.25, 0.3) is 0 Å². The summed E-state index contributed by atoms with van der Waals surface area (Å²) in [7, 11) is 0. The van der Waals surface area contributed by atoms with Crippen LogP contribution in [0, 0.1) is 11.3 Å². The third-order valence-electron chi connectivity index (χ3n) is 5.72. The van der Waals surface area contributed by atoms with Crippen molar-refractivity contribution in [2.45, 2.75) is 57.4 Å². The lowest BCUT2D eigenvalue weighted by molar-refractivity contribution is -0.137. The highest BCUT2D eigenvalue weighted by molar-refractivity contribution is 5.64. The zero-order valence-corrected chi connectivity index (χ0v) is 17.1. The van der Waals surface area contributed by atoms with Crippen LogP contribution in [0.4, 0.5) is 23.7 Å². The van der Waals surface area contributed by atoms with E-state index >= 15 is 0 Å². The van der Waals surface area contributed by atoms with Gasteiger partial charge in [-0.2, -0.15) is 18.4 Å². The summed E-state index contributed by atoms with van der Waals surface area (Å²) in [5, 5.41) is 20.2. The van der Waals surface area contributed by atoms with Gasteiger partial charge in [-0.25, -0.2) is 9.78 Å². The Morgan fingerprint density at radius 1 is 1.42 bits per heavy atom. The largest absolute Gasteiger partial charge is 0.465 e. The molecular formula is C21H24F3N5O2. The molecular weight excluding hydrogens is 411 g/mol. The van der Waals surface area contributed by atoms with Gasteiger partial charge in [0.2, 0.25) is 0 Å².